The second-order valence-corrected chi connectivity index (χ2v) is 6.94. The Hall–Kier alpha value is -2.49. The lowest BCUT2D eigenvalue weighted by molar-refractivity contribution is -0.127. The highest BCUT2D eigenvalue weighted by atomic mass is 16.5. The third kappa shape index (κ3) is 6.31. The van der Waals surface area contributed by atoms with Gasteiger partial charge in [0.2, 0.25) is 0 Å². The van der Waals surface area contributed by atoms with Crippen LogP contribution in [0.25, 0.3) is 0 Å². The van der Waals surface area contributed by atoms with E-state index in [2.05, 4.69) is 30.4 Å². The molecule has 0 radical (unpaired) electrons. The van der Waals surface area contributed by atoms with Crippen molar-refractivity contribution in [2.75, 3.05) is 13.2 Å². The van der Waals surface area contributed by atoms with E-state index < -0.39 is 6.10 Å². The Morgan fingerprint density at radius 3 is 2.48 bits per heavy atom. The van der Waals surface area contributed by atoms with Gasteiger partial charge >= 0.3 is 0 Å². The van der Waals surface area contributed by atoms with Crippen molar-refractivity contribution in [2.45, 2.75) is 53.6 Å². The van der Waals surface area contributed by atoms with E-state index in [0.717, 1.165) is 35.5 Å². The minimum Gasteiger partial charge on any atom is -0.494 e. The molecule has 0 saturated heterocycles. The van der Waals surface area contributed by atoms with Crippen molar-refractivity contribution in [3.8, 4) is 11.5 Å². The van der Waals surface area contributed by atoms with Gasteiger partial charge in [0.1, 0.15) is 11.5 Å². The van der Waals surface area contributed by atoms with Crippen LogP contribution in [-0.2, 0) is 11.2 Å². The average molecular weight is 370 g/mol. The minimum absolute atomic E-state index is 0.0831. The van der Waals surface area contributed by atoms with Crippen LogP contribution in [0.2, 0.25) is 0 Å². The summed E-state index contributed by atoms with van der Waals surface area (Å²) in [4.78, 5) is 12.3. The van der Waals surface area contributed by atoms with E-state index in [9.17, 15) is 4.79 Å². The van der Waals surface area contributed by atoms with Crippen LogP contribution in [0, 0.1) is 20.8 Å². The number of rotatable bonds is 9. The first kappa shape index (κ1) is 20.8. The van der Waals surface area contributed by atoms with Crippen LogP contribution in [0.15, 0.2) is 36.4 Å². The number of benzene rings is 2. The molecule has 4 heteroatoms. The van der Waals surface area contributed by atoms with Gasteiger partial charge in [-0.15, -0.1) is 0 Å². The summed E-state index contributed by atoms with van der Waals surface area (Å²) in [5, 5.41) is 2.96. The van der Waals surface area contributed by atoms with Crippen LogP contribution >= 0.6 is 0 Å². The van der Waals surface area contributed by atoms with Crippen molar-refractivity contribution in [3.05, 3.63) is 58.7 Å². The van der Waals surface area contributed by atoms with Crippen molar-refractivity contribution in [3.63, 3.8) is 0 Å². The Morgan fingerprint density at radius 1 is 1.11 bits per heavy atom. The maximum absolute atomic E-state index is 12.3. The van der Waals surface area contributed by atoms with Crippen molar-refractivity contribution in [2.24, 2.45) is 0 Å². The highest BCUT2D eigenvalue weighted by molar-refractivity contribution is 5.80. The van der Waals surface area contributed by atoms with Crippen molar-refractivity contribution in [1.29, 1.82) is 0 Å². The van der Waals surface area contributed by atoms with Gasteiger partial charge in [0, 0.05) is 6.54 Å². The van der Waals surface area contributed by atoms with Gasteiger partial charge in [-0.25, -0.2) is 0 Å². The molecule has 4 nitrogen and oxygen atoms in total. The molecular formula is C23H31NO3. The third-order valence-electron chi connectivity index (χ3n) is 4.61. The van der Waals surface area contributed by atoms with Gasteiger partial charge < -0.3 is 14.8 Å². The third-order valence-corrected chi connectivity index (χ3v) is 4.61. The first-order chi connectivity index (χ1) is 12.9. The van der Waals surface area contributed by atoms with Crippen LogP contribution in [0.1, 0.15) is 42.5 Å². The summed E-state index contributed by atoms with van der Waals surface area (Å²) >= 11 is 0. The standard InChI is InChI=1S/C23H31NO3/c1-6-26-21-11-9-20(10-12-21)8-7-13-24-23(25)19(5)27-22-15-16(2)14-17(3)18(22)4/h9-12,14-15,19H,6-8,13H2,1-5H3,(H,24,25)/t19-/m1/s1. The van der Waals surface area contributed by atoms with Gasteiger partial charge in [-0.3, -0.25) is 4.79 Å². The molecule has 0 aliphatic heterocycles. The molecule has 0 bridgehead atoms. The normalized spacial score (nSPS) is 11.7. The molecule has 0 saturated carbocycles. The number of amides is 1. The Morgan fingerprint density at radius 2 is 1.81 bits per heavy atom. The molecule has 0 aromatic heterocycles. The number of carbonyl (C=O) groups excluding carboxylic acids is 1. The number of aryl methyl sites for hydroxylation is 3. The topological polar surface area (TPSA) is 47.6 Å². The summed E-state index contributed by atoms with van der Waals surface area (Å²) in [5.74, 6) is 1.59. The van der Waals surface area contributed by atoms with Gasteiger partial charge in [0.25, 0.3) is 5.91 Å². The number of ether oxygens (including phenoxy) is 2. The van der Waals surface area contributed by atoms with Crippen molar-refractivity contribution >= 4 is 5.91 Å². The zero-order chi connectivity index (χ0) is 19.8. The maximum Gasteiger partial charge on any atom is 0.260 e. The highest BCUT2D eigenvalue weighted by Gasteiger charge is 2.16. The Balaban J connectivity index is 1.76. The first-order valence-electron chi connectivity index (χ1n) is 9.64. The number of nitrogens with one attached hydrogen (secondary N) is 1. The van der Waals surface area contributed by atoms with Gasteiger partial charge in [-0.1, -0.05) is 18.2 Å². The molecule has 0 spiro atoms. The monoisotopic (exact) mass is 369 g/mol. The summed E-state index contributed by atoms with van der Waals surface area (Å²) in [6.45, 7) is 11.2. The van der Waals surface area contributed by atoms with Crippen molar-refractivity contribution in [1.82, 2.24) is 5.32 Å². The van der Waals surface area contributed by atoms with E-state index in [1.807, 2.05) is 39.0 Å². The fourth-order valence-corrected chi connectivity index (χ4v) is 2.93. The fraction of sp³-hybridized carbons (Fsp3) is 0.435. The molecule has 1 N–H and O–H groups in total. The molecule has 0 aliphatic rings. The SMILES string of the molecule is CCOc1ccc(CCCNC(=O)[C@@H](C)Oc2cc(C)cc(C)c2C)cc1. The van der Waals surface area contributed by atoms with E-state index in [1.54, 1.807) is 6.92 Å². The summed E-state index contributed by atoms with van der Waals surface area (Å²) in [5.41, 5.74) is 4.63. The lowest BCUT2D eigenvalue weighted by atomic mass is 10.1. The number of hydrogen-bond acceptors (Lipinski definition) is 3. The zero-order valence-corrected chi connectivity index (χ0v) is 17.1. The molecular weight excluding hydrogens is 338 g/mol. The summed E-state index contributed by atoms with van der Waals surface area (Å²) in [7, 11) is 0. The van der Waals surface area contributed by atoms with Crippen LogP contribution in [0.3, 0.4) is 0 Å². The average Bonchev–Trinajstić information content (AvgIpc) is 2.64. The summed E-state index contributed by atoms with van der Waals surface area (Å²) < 4.78 is 11.3. The molecule has 2 rings (SSSR count). The van der Waals surface area contributed by atoms with Gasteiger partial charge in [-0.2, -0.15) is 0 Å². The molecule has 0 unspecified atom stereocenters. The largest absolute Gasteiger partial charge is 0.494 e. The number of hydrogen-bond donors (Lipinski definition) is 1. The molecule has 0 heterocycles. The zero-order valence-electron chi connectivity index (χ0n) is 17.1. The highest BCUT2D eigenvalue weighted by Crippen LogP contribution is 2.24. The minimum atomic E-state index is -0.518. The maximum atomic E-state index is 12.3. The van der Waals surface area contributed by atoms with E-state index in [0.29, 0.717) is 13.2 Å². The molecule has 2 aromatic rings. The van der Waals surface area contributed by atoms with Gasteiger partial charge in [0.15, 0.2) is 6.10 Å². The van der Waals surface area contributed by atoms with Gasteiger partial charge in [-0.05, 0) is 87.9 Å². The predicted octanol–water partition coefficient (Wildman–Crippen LogP) is 4.53. The quantitative estimate of drug-likeness (QED) is 0.661. The van der Waals surface area contributed by atoms with E-state index in [4.69, 9.17) is 9.47 Å². The van der Waals surface area contributed by atoms with Crippen LogP contribution in [0.5, 0.6) is 11.5 Å². The first-order valence-corrected chi connectivity index (χ1v) is 9.64. The number of carbonyl (C=O) groups is 1. The summed E-state index contributed by atoms with van der Waals surface area (Å²) in [6.07, 6.45) is 1.28. The second-order valence-electron chi connectivity index (χ2n) is 6.94. The lowest BCUT2D eigenvalue weighted by Crippen LogP contribution is -2.37. The Labute approximate surface area is 162 Å². The Kier molecular flexibility index (Phi) is 7.71. The molecule has 1 amide bonds. The molecule has 2 aromatic carbocycles. The Bertz CT molecular complexity index is 753. The molecule has 146 valence electrons. The molecule has 0 fully saturated rings. The molecule has 1 atom stereocenters. The van der Waals surface area contributed by atoms with Crippen molar-refractivity contribution < 1.29 is 14.3 Å². The smallest absolute Gasteiger partial charge is 0.260 e. The van der Waals surface area contributed by atoms with E-state index >= 15 is 0 Å². The lowest BCUT2D eigenvalue weighted by Gasteiger charge is -2.18. The van der Waals surface area contributed by atoms with E-state index in [-0.39, 0.29) is 5.91 Å². The molecule has 0 aliphatic carbocycles. The van der Waals surface area contributed by atoms with E-state index in [1.165, 1.54) is 11.1 Å². The van der Waals surface area contributed by atoms with Crippen LogP contribution in [-0.4, -0.2) is 25.2 Å². The fourth-order valence-electron chi connectivity index (χ4n) is 2.93. The summed E-state index contributed by atoms with van der Waals surface area (Å²) in [6, 6.07) is 12.2. The van der Waals surface area contributed by atoms with Gasteiger partial charge in [0.05, 0.1) is 6.61 Å². The van der Waals surface area contributed by atoms with Crippen LogP contribution < -0.4 is 14.8 Å². The van der Waals surface area contributed by atoms with Crippen LogP contribution in [0.4, 0.5) is 0 Å². The predicted molar refractivity (Wildman–Crippen MR) is 110 cm³/mol. The second kappa shape index (κ2) is 10.0. The molecule has 27 heavy (non-hydrogen) atoms.